The van der Waals surface area contributed by atoms with Gasteiger partial charge in [0.1, 0.15) is 5.76 Å². The summed E-state index contributed by atoms with van der Waals surface area (Å²) in [6, 6.07) is 0. The van der Waals surface area contributed by atoms with Gasteiger partial charge in [-0.2, -0.15) is 0 Å². The Morgan fingerprint density at radius 1 is 1.14 bits per heavy atom. The molecule has 0 amide bonds. The third-order valence-corrected chi connectivity index (χ3v) is 2.51. The van der Waals surface area contributed by atoms with E-state index < -0.39 is 0 Å². The van der Waals surface area contributed by atoms with Crippen LogP contribution in [-0.4, -0.2) is 11.9 Å². The average molecular weight is 193 g/mol. The lowest BCUT2D eigenvalue weighted by atomic mass is 9.87. The summed E-state index contributed by atoms with van der Waals surface area (Å²) < 4.78 is 9.52. The van der Waals surface area contributed by atoms with Gasteiger partial charge in [-0.05, 0) is 0 Å². The molecule has 0 aromatic heterocycles. The Kier molecular flexibility index (Phi) is 1.91. The Bertz CT molecular complexity index is 308. The van der Waals surface area contributed by atoms with Crippen LogP contribution >= 0.6 is 0 Å². The molecule has 2 saturated heterocycles. The smallest absolute Gasteiger partial charge is 0.311 e. The maximum Gasteiger partial charge on any atom is 0.311 e. The number of allylic oxidation sites excluding steroid dienone is 2. The lowest BCUT2D eigenvalue weighted by Gasteiger charge is -2.18. The monoisotopic (exact) mass is 193 g/mol. The molecule has 2 atom stereocenters. The van der Waals surface area contributed by atoms with Gasteiger partial charge in [-0.15, -0.1) is 0 Å². The van der Waals surface area contributed by atoms with Gasteiger partial charge in [-0.1, -0.05) is 12.3 Å². The number of hydrogen-bond donors (Lipinski definition) is 0. The van der Waals surface area contributed by atoms with Crippen molar-refractivity contribution in [2.75, 3.05) is 0 Å². The number of esters is 2. The molecule has 4 nitrogen and oxygen atoms in total. The third-order valence-electron chi connectivity index (χ3n) is 2.51. The summed E-state index contributed by atoms with van der Waals surface area (Å²) in [5, 5.41) is 0. The van der Waals surface area contributed by atoms with Crippen LogP contribution in [0, 0.1) is 18.4 Å². The normalized spacial score (nSPS) is 32.0. The van der Waals surface area contributed by atoms with E-state index in [1.165, 1.54) is 0 Å². The molecule has 2 rings (SSSR count). The van der Waals surface area contributed by atoms with Crippen LogP contribution in [0.1, 0.15) is 12.8 Å². The summed E-state index contributed by atoms with van der Waals surface area (Å²) in [6.07, 6.45) is 0.424. The molecule has 0 unspecified atom stereocenters. The molecule has 2 heterocycles. The zero-order valence-electron chi connectivity index (χ0n) is 7.49. The summed E-state index contributed by atoms with van der Waals surface area (Å²) in [6.45, 7) is 9.13. The van der Waals surface area contributed by atoms with Crippen molar-refractivity contribution in [1.82, 2.24) is 0 Å². The van der Waals surface area contributed by atoms with Crippen LogP contribution in [-0.2, 0) is 19.1 Å². The average Bonchev–Trinajstić information content (AvgIpc) is 2.55. The first kappa shape index (κ1) is 8.99. The lowest BCUT2D eigenvalue weighted by Crippen LogP contribution is -2.12. The van der Waals surface area contributed by atoms with Crippen LogP contribution in [0.25, 0.3) is 0 Å². The van der Waals surface area contributed by atoms with Gasteiger partial charge in [0.2, 0.25) is 0 Å². The van der Waals surface area contributed by atoms with E-state index in [2.05, 4.69) is 6.58 Å². The van der Waals surface area contributed by atoms with Crippen LogP contribution in [0.2, 0.25) is 0 Å². The molecule has 0 saturated carbocycles. The fraction of sp³-hybridized carbons (Fsp3) is 0.400. The van der Waals surface area contributed by atoms with Crippen molar-refractivity contribution in [2.24, 2.45) is 11.8 Å². The van der Waals surface area contributed by atoms with E-state index in [4.69, 9.17) is 16.1 Å². The van der Waals surface area contributed by atoms with E-state index in [1.54, 1.807) is 0 Å². The van der Waals surface area contributed by atoms with Gasteiger partial charge in [-0.3, -0.25) is 9.59 Å². The van der Waals surface area contributed by atoms with E-state index in [9.17, 15) is 9.59 Å². The second-order valence-corrected chi connectivity index (χ2v) is 3.44. The fourth-order valence-electron chi connectivity index (χ4n) is 1.79. The Hall–Kier alpha value is -1.58. The Labute approximate surface area is 81.2 Å². The molecule has 0 N–H and O–H groups in total. The van der Waals surface area contributed by atoms with Crippen LogP contribution in [0.15, 0.2) is 18.1 Å². The highest BCUT2D eigenvalue weighted by Gasteiger charge is 2.39. The molecule has 0 spiro atoms. The van der Waals surface area contributed by atoms with E-state index in [0.29, 0.717) is 5.76 Å². The summed E-state index contributed by atoms with van der Waals surface area (Å²) in [5.41, 5.74) is 0. The minimum absolute atomic E-state index is 0.166. The van der Waals surface area contributed by atoms with Crippen molar-refractivity contribution in [1.29, 1.82) is 0 Å². The maximum absolute atomic E-state index is 10.9. The Morgan fingerprint density at radius 2 is 1.71 bits per heavy atom. The number of hydrogen-bond acceptors (Lipinski definition) is 4. The first-order chi connectivity index (χ1) is 6.58. The number of carbonyl (C=O) groups excluding carboxylic acids is 2. The van der Waals surface area contributed by atoms with Crippen LogP contribution in [0.4, 0.5) is 0 Å². The minimum atomic E-state index is -0.361. The first-order valence-electron chi connectivity index (χ1n) is 4.30. The SMILES string of the molecule is [CH-]=C1OC(=O)C[C@H]1[C@H]1CC(=O)OC1=C. The largest absolute Gasteiger partial charge is 0.472 e. The zero-order chi connectivity index (χ0) is 10.3. The lowest BCUT2D eigenvalue weighted by molar-refractivity contribution is -0.136. The second kappa shape index (κ2) is 2.97. The number of carbonyl (C=O) groups is 2. The summed E-state index contributed by atoms with van der Waals surface area (Å²) in [7, 11) is 0. The van der Waals surface area contributed by atoms with Gasteiger partial charge >= 0.3 is 11.9 Å². The highest BCUT2D eigenvalue weighted by molar-refractivity contribution is 5.77. The van der Waals surface area contributed by atoms with Crippen molar-refractivity contribution in [2.45, 2.75) is 12.8 Å². The predicted octanol–water partition coefficient (Wildman–Crippen LogP) is 0.943. The third kappa shape index (κ3) is 1.32. The molecule has 2 fully saturated rings. The summed E-state index contributed by atoms with van der Waals surface area (Å²) >= 11 is 0. The predicted molar refractivity (Wildman–Crippen MR) is 45.4 cm³/mol. The second-order valence-electron chi connectivity index (χ2n) is 3.44. The summed E-state index contributed by atoms with van der Waals surface area (Å²) in [4.78, 5) is 21.9. The minimum Gasteiger partial charge on any atom is -0.472 e. The molecule has 0 aromatic rings. The van der Waals surface area contributed by atoms with E-state index in [-0.39, 0.29) is 42.4 Å². The summed E-state index contributed by atoms with van der Waals surface area (Å²) in [5.74, 6) is -0.622. The molecule has 2 aliphatic heterocycles. The molecular formula is C10H9O4-. The van der Waals surface area contributed by atoms with Crippen LogP contribution in [0.5, 0.6) is 0 Å². The molecule has 0 aromatic carbocycles. The standard InChI is InChI=1S/C10H9O4/c1-5-7(3-9(11)13-5)8-4-10(12)14-6(8)2/h1,7-8H,2-4H2/q-1/t7-,8+/m1/s1. The topological polar surface area (TPSA) is 52.6 Å². The van der Waals surface area contributed by atoms with Crippen molar-refractivity contribution in [3.8, 4) is 0 Å². The number of rotatable bonds is 1. The fourth-order valence-corrected chi connectivity index (χ4v) is 1.79. The van der Waals surface area contributed by atoms with Gasteiger partial charge < -0.3 is 16.1 Å². The Balaban J connectivity index is 2.16. The van der Waals surface area contributed by atoms with Crippen molar-refractivity contribution in [3.05, 3.63) is 24.7 Å². The Morgan fingerprint density at radius 3 is 2.14 bits per heavy atom. The first-order valence-corrected chi connectivity index (χ1v) is 4.30. The van der Waals surface area contributed by atoms with Gasteiger partial charge in [-0.25, -0.2) is 0 Å². The number of ether oxygens (including phenoxy) is 2. The molecule has 0 aliphatic carbocycles. The highest BCUT2D eigenvalue weighted by Crippen LogP contribution is 2.40. The molecular weight excluding hydrogens is 184 g/mol. The van der Waals surface area contributed by atoms with Gasteiger partial charge in [0, 0.05) is 11.8 Å². The van der Waals surface area contributed by atoms with Crippen molar-refractivity contribution in [3.63, 3.8) is 0 Å². The quantitative estimate of drug-likeness (QED) is 0.459. The van der Waals surface area contributed by atoms with E-state index >= 15 is 0 Å². The number of cyclic esters (lactones) is 2. The van der Waals surface area contributed by atoms with Gasteiger partial charge in [0.05, 0.1) is 12.8 Å². The van der Waals surface area contributed by atoms with Crippen molar-refractivity contribution < 1.29 is 19.1 Å². The molecule has 2 aliphatic rings. The molecule has 0 radical (unpaired) electrons. The molecule has 4 heteroatoms. The van der Waals surface area contributed by atoms with E-state index in [0.717, 1.165) is 0 Å². The van der Waals surface area contributed by atoms with Crippen molar-refractivity contribution >= 4 is 11.9 Å². The van der Waals surface area contributed by atoms with Crippen LogP contribution < -0.4 is 0 Å². The molecule has 74 valence electrons. The zero-order valence-corrected chi connectivity index (χ0v) is 7.49. The van der Waals surface area contributed by atoms with Gasteiger partial charge in [0.25, 0.3) is 0 Å². The maximum atomic E-state index is 10.9. The van der Waals surface area contributed by atoms with Crippen LogP contribution in [0.3, 0.4) is 0 Å². The molecule has 14 heavy (non-hydrogen) atoms. The van der Waals surface area contributed by atoms with Gasteiger partial charge in [0.15, 0.2) is 0 Å². The molecule has 0 bridgehead atoms. The highest BCUT2D eigenvalue weighted by atomic mass is 16.6. The van der Waals surface area contributed by atoms with E-state index in [1.807, 2.05) is 0 Å².